The monoisotopic (exact) mass is 345 g/mol. The maximum Gasteiger partial charge on any atom is 0.162 e. The van der Waals surface area contributed by atoms with Crippen molar-refractivity contribution in [3.05, 3.63) is 0 Å². The van der Waals surface area contributed by atoms with Crippen LogP contribution in [-0.4, -0.2) is 63.4 Å². The quantitative estimate of drug-likeness (QED) is 0.682. The van der Waals surface area contributed by atoms with E-state index in [2.05, 4.69) is 18.7 Å². The van der Waals surface area contributed by atoms with Crippen molar-refractivity contribution in [1.29, 1.82) is 0 Å². The summed E-state index contributed by atoms with van der Waals surface area (Å²) in [5.41, 5.74) is -0.725. The van der Waals surface area contributed by atoms with E-state index in [4.69, 9.17) is 9.47 Å². The molecule has 6 heterocycles. The molecule has 0 radical (unpaired) electrons. The van der Waals surface area contributed by atoms with Gasteiger partial charge in [0.25, 0.3) is 0 Å². The molecule has 0 aromatic heterocycles. The van der Waals surface area contributed by atoms with E-state index in [0.717, 1.165) is 38.6 Å². The zero-order valence-corrected chi connectivity index (χ0v) is 14.9. The van der Waals surface area contributed by atoms with Gasteiger partial charge in [-0.1, -0.05) is 6.92 Å². The van der Waals surface area contributed by atoms with Crippen molar-refractivity contribution in [3.8, 4) is 0 Å². The number of hydrogen-bond donors (Lipinski definition) is 2. The Morgan fingerprint density at radius 3 is 2.76 bits per heavy atom. The number of aliphatic hydroxyl groups excluding tert-OH is 1. The summed E-state index contributed by atoms with van der Waals surface area (Å²) >= 11 is 0. The van der Waals surface area contributed by atoms with Gasteiger partial charge in [-0.05, 0) is 43.9 Å². The van der Waals surface area contributed by atoms with Crippen LogP contribution in [0.3, 0.4) is 0 Å². The van der Waals surface area contributed by atoms with E-state index in [9.17, 15) is 10.2 Å². The van der Waals surface area contributed by atoms with E-state index in [1.54, 1.807) is 0 Å². The molecule has 13 atom stereocenters. The zero-order chi connectivity index (χ0) is 16.8. The van der Waals surface area contributed by atoms with Gasteiger partial charge in [0, 0.05) is 41.8 Å². The van der Waals surface area contributed by atoms with Crippen molar-refractivity contribution in [2.45, 2.75) is 87.7 Å². The maximum absolute atomic E-state index is 12.3. The SMILES string of the molecule is CC12CC3OC(O1)C1C45CC(O)CC6(C)CN7C(CC1(C2)C3(O)C74)C65. The molecule has 10 aliphatic rings. The Bertz CT molecular complexity index is 760. The number of aliphatic hydroxyl groups is 2. The number of nitrogens with zero attached hydrogens (tertiary/aromatic N) is 1. The molecule has 4 saturated carbocycles. The molecule has 10 rings (SSSR count). The Kier molecular flexibility index (Phi) is 1.80. The van der Waals surface area contributed by atoms with Gasteiger partial charge in [-0.2, -0.15) is 0 Å². The van der Waals surface area contributed by atoms with E-state index in [-0.39, 0.29) is 52.3 Å². The smallest absolute Gasteiger partial charge is 0.162 e. The van der Waals surface area contributed by atoms with E-state index < -0.39 is 5.60 Å². The summed E-state index contributed by atoms with van der Waals surface area (Å²) < 4.78 is 12.9. The van der Waals surface area contributed by atoms with E-state index in [1.165, 1.54) is 0 Å². The minimum absolute atomic E-state index is 0.00653. The van der Waals surface area contributed by atoms with Crippen LogP contribution in [-0.2, 0) is 9.47 Å². The molecule has 0 aromatic carbocycles. The van der Waals surface area contributed by atoms with Crippen molar-refractivity contribution in [3.63, 3.8) is 0 Å². The van der Waals surface area contributed by atoms with Crippen molar-refractivity contribution in [2.24, 2.45) is 28.1 Å². The Balaban J connectivity index is 1.47. The summed E-state index contributed by atoms with van der Waals surface area (Å²) in [6, 6.07) is 0.789. The number of rotatable bonds is 0. The fourth-order valence-corrected chi connectivity index (χ4v) is 11.1. The lowest BCUT2D eigenvalue weighted by Gasteiger charge is -2.71. The van der Waals surface area contributed by atoms with Crippen molar-refractivity contribution < 1.29 is 19.7 Å². The fraction of sp³-hybridized carbons (Fsp3) is 1.00. The third kappa shape index (κ3) is 0.992. The molecule has 6 saturated heterocycles. The lowest BCUT2D eigenvalue weighted by Crippen LogP contribution is -2.80. The third-order valence-electron chi connectivity index (χ3n) is 10.5. The highest BCUT2D eigenvalue weighted by molar-refractivity contribution is 5.44. The first-order valence-corrected chi connectivity index (χ1v) is 10.3. The highest BCUT2D eigenvalue weighted by Gasteiger charge is 2.95. The van der Waals surface area contributed by atoms with Crippen molar-refractivity contribution >= 4 is 0 Å². The predicted octanol–water partition coefficient (Wildman–Crippen LogP) is 0.875. The van der Waals surface area contributed by atoms with Crippen LogP contribution >= 0.6 is 0 Å². The highest BCUT2D eigenvalue weighted by Crippen LogP contribution is 2.88. The summed E-state index contributed by atoms with van der Waals surface area (Å²) in [5.74, 6) is 0.858. The third-order valence-corrected chi connectivity index (χ3v) is 10.5. The van der Waals surface area contributed by atoms with Gasteiger partial charge < -0.3 is 19.7 Å². The Labute approximate surface area is 147 Å². The molecule has 11 bridgehead atoms. The summed E-state index contributed by atoms with van der Waals surface area (Å²) in [5, 5.41) is 23.2. The van der Waals surface area contributed by atoms with Crippen LogP contribution in [0.15, 0.2) is 0 Å². The lowest BCUT2D eigenvalue weighted by molar-refractivity contribution is -0.435. The maximum atomic E-state index is 12.3. The minimum atomic E-state index is -0.735. The van der Waals surface area contributed by atoms with Gasteiger partial charge in [-0.3, -0.25) is 4.90 Å². The molecular formula is C20H27NO4. The average Bonchev–Trinajstić information content (AvgIpc) is 2.89. The van der Waals surface area contributed by atoms with Gasteiger partial charge in [-0.25, -0.2) is 0 Å². The normalized spacial score (nSPS) is 81.1. The van der Waals surface area contributed by atoms with Gasteiger partial charge in [0.05, 0.1) is 17.8 Å². The van der Waals surface area contributed by atoms with E-state index in [1.807, 2.05) is 0 Å². The molecule has 4 aliphatic carbocycles. The van der Waals surface area contributed by atoms with Crippen LogP contribution in [0.25, 0.3) is 0 Å². The summed E-state index contributed by atoms with van der Waals surface area (Å²) in [6.45, 7) is 5.68. The second-order valence-corrected chi connectivity index (χ2v) is 11.6. The molecule has 5 nitrogen and oxygen atoms in total. The topological polar surface area (TPSA) is 62.2 Å². The van der Waals surface area contributed by atoms with Crippen LogP contribution in [0.5, 0.6) is 0 Å². The average molecular weight is 345 g/mol. The molecular weight excluding hydrogens is 318 g/mol. The summed E-state index contributed by atoms with van der Waals surface area (Å²) in [6.07, 6.45) is 4.20. The van der Waals surface area contributed by atoms with Crippen molar-refractivity contribution in [2.75, 3.05) is 6.54 Å². The first kappa shape index (κ1) is 13.9. The molecule has 0 amide bonds. The molecule has 2 spiro atoms. The van der Waals surface area contributed by atoms with Crippen LogP contribution in [0.1, 0.15) is 46.0 Å². The Hall–Kier alpha value is -0.200. The minimum Gasteiger partial charge on any atom is -0.393 e. The Morgan fingerprint density at radius 1 is 1.08 bits per heavy atom. The van der Waals surface area contributed by atoms with Crippen LogP contribution in [0.4, 0.5) is 0 Å². The zero-order valence-electron chi connectivity index (χ0n) is 14.9. The largest absolute Gasteiger partial charge is 0.393 e. The van der Waals surface area contributed by atoms with E-state index >= 15 is 0 Å². The second kappa shape index (κ2) is 3.24. The fourth-order valence-electron chi connectivity index (χ4n) is 11.1. The van der Waals surface area contributed by atoms with Gasteiger partial charge in [0.2, 0.25) is 0 Å². The van der Waals surface area contributed by atoms with Crippen molar-refractivity contribution in [1.82, 2.24) is 4.90 Å². The molecule has 136 valence electrons. The predicted molar refractivity (Wildman–Crippen MR) is 86.4 cm³/mol. The first-order chi connectivity index (χ1) is 11.8. The molecule has 25 heavy (non-hydrogen) atoms. The summed E-state index contributed by atoms with van der Waals surface area (Å²) in [4.78, 5) is 2.68. The molecule has 6 aliphatic heterocycles. The molecule has 13 unspecified atom stereocenters. The Morgan fingerprint density at radius 2 is 1.92 bits per heavy atom. The van der Waals surface area contributed by atoms with Crippen LogP contribution in [0.2, 0.25) is 0 Å². The number of piperidine rings is 2. The molecule has 2 N–H and O–H groups in total. The van der Waals surface area contributed by atoms with E-state index in [0.29, 0.717) is 12.0 Å². The lowest BCUT2D eigenvalue weighted by atomic mass is 9.42. The highest BCUT2D eigenvalue weighted by atomic mass is 16.7. The summed E-state index contributed by atoms with van der Waals surface area (Å²) in [7, 11) is 0. The first-order valence-electron chi connectivity index (χ1n) is 10.3. The molecule has 10 fully saturated rings. The van der Waals surface area contributed by atoms with Gasteiger partial charge in [0.1, 0.15) is 5.60 Å². The van der Waals surface area contributed by atoms with Gasteiger partial charge in [0.15, 0.2) is 6.29 Å². The van der Waals surface area contributed by atoms with Gasteiger partial charge >= 0.3 is 0 Å². The molecule has 5 heteroatoms. The number of hydrogen-bond acceptors (Lipinski definition) is 5. The standard InChI is InChI=1S/C20H27NO4/c1-16-3-9(22)4-19-12(16)10-5-18-7-17(2)6-11(24-14(25-17)13(18)19)20(18,23)15(19)21(10)8-16/h9-15,22-23H,3-8H2,1-2H3. The molecule has 0 aromatic rings. The van der Waals surface area contributed by atoms with Crippen LogP contribution in [0, 0.1) is 28.1 Å². The second-order valence-electron chi connectivity index (χ2n) is 11.6. The number of ether oxygens (including phenoxy) is 2. The van der Waals surface area contributed by atoms with Crippen LogP contribution < -0.4 is 0 Å². The van der Waals surface area contributed by atoms with Gasteiger partial charge in [-0.15, -0.1) is 0 Å².